The van der Waals surface area contributed by atoms with E-state index in [2.05, 4.69) is 5.10 Å². The van der Waals surface area contributed by atoms with E-state index in [4.69, 9.17) is 5.73 Å². The maximum absolute atomic E-state index is 11.3. The van der Waals surface area contributed by atoms with E-state index in [1.165, 1.54) is 6.26 Å². The monoisotopic (exact) mass is 251 g/mol. The third kappa shape index (κ3) is 2.85. The van der Waals surface area contributed by atoms with Crippen LogP contribution in [0.1, 0.15) is 5.56 Å². The molecule has 0 aliphatic carbocycles. The molecule has 5 nitrogen and oxygen atoms in total. The first-order valence-corrected chi connectivity index (χ1v) is 6.91. The van der Waals surface area contributed by atoms with Gasteiger partial charge in [0.05, 0.1) is 23.3 Å². The minimum atomic E-state index is -3.13. The third-order valence-electron chi connectivity index (χ3n) is 2.35. The number of benzene rings is 1. The molecule has 0 fully saturated rings. The lowest BCUT2D eigenvalue weighted by Gasteiger charge is -2.03. The zero-order valence-electron chi connectivity index (χ0n) is 9.37. The van der Waals surface area contributed by atoms with Crippen LogP contribution in [0.25, 0.3) is 0 Å². The van der Waals surface area contributed by atoms with E-state index in [1.807, 2.05) is 0 Å². The Kier molecular flexibility index (Phi) is 2.89. The molecule has 1 heterocycles. The van der Waals surface area contributed by atoms with Crippen molar-refractivity contribution in [3.63, 3.8) is 0 Å². The number of nitrogen functional groups attached to an aromatic ring is 1. The van der Waals surface area contributed by atoms with Gasteiger partial charge in [0.2, 0.25) is 0 Å². The molecule has 2 N–H and O–H groups in total. The predicted molar refractivity (Wildman–Crippen MR) is 65.3 cm³/mol. The Hall–Kier alpha value is -1.82. The van der Waals surface area contributed by atoms with E-state index in [0.717, 1.165) is 5.56 Å². The molecule has 0 bridgehead atoms. The molecule has 0 unspecified atom stereocenters. The molecule has 1 aromatic carbocycles. The summed E-state index contributed by atoms with van der Waals surface area (Å²) < 4.78 is 24.2. The molecular weight excluding hydrogens is 238 g/mol. The summed E-state index contributed by atoms with van der Waals surface area (Å²) in [6.07, 6.45) is 4.49. The minimum absolute atomic E-state index is 0.321. The molecule has 0 spiro atoms. The minimum Gasteiger partial charge on any atom is -0.396 e. The molecule has 2 aromatic rings. The maximum atomic E-state index is 11.3. The van der Waals surface area contributed by atoms with Crippen LogP contribution in [0.15, 0.2) is 41.6 Å². The Labute approximate surface area is 99.8 Å². The van der Waals surface area contributed by atoms with Crippen molar-refractivity contribution >= 4 is 15.5 Å². The van der Waals surface area contributed by atoms with Crippen LogP contribution in [0.2, 0.25) is 0 Å². The summed E-state index contributed by atoms with van der Waals surface area (Å²) >= 11 is 0. The molecular formula is C11H13N3O2S. The van der Waals surface area contributed by atoms with Crippen molar-refractivity contribution in [2.75, 3.05) is 12.0 Å². The van der Waals surface area contributed by atoms with Crippen molar-refractivity contribution in [3.05, 3.63) is 42.2 Å². The molecule has 6 heteroatoms. The van der Waals surface area contributed by atoms with Gasteiger partial charge in [0.25, 0.3) is 0 Å². The van der Waals surface area contributed by atoms with Crippen molar-refractivity contribution in [1.82, 2.24) is 9.78 Å². The highest BCUT2D eigenvalue weighted by Crippen LogP contribution is 2.11. The van der Waals surface area contributed by atoms with Gasteiger partial charge < -0.3 is 5.73 Å². The second-order valence-electron chi connectivity index (χ2n) is 3.89. The van der Waals surface area contributed by atoms with Gasteiger partial charge in [-0.1, -0.05) is 12.1 Å². The smallest absolute Gasteiger partial charge is 0.175 e. The van der Waals surface area contributed by atoms with Crippen molar-refractivity contribution in [1.29, 1.82) is 0 Å². The summed E-state index contributed by atoms with van der Waals surface area (Å²) in [5, 5.41) is 4.06. The van der Waals surface area contributed by atoms with Crippen LogP contribution >= 0.6 is 0 Å². The van der Waals surface area contributed by atoms with Crippen molar-refractivity contribution in [3.8, 4) is 0 Å². The van der Waals surface area contributed by atoms with E-state index in [0.29, 0.717) is 17.1 Å². The van der Waals surface area contributed by atoms with Gasteiger partial charge in [-0.2, -0.15) is 5.10 Å². The molecule has 0 atom stereocenters. The van der Waals surface area contributed by atoms with Crippen LogP contribution in [0, 0.1) is 0 Å². The van der Waals surface area contributed by atoms with Gasteiger partial charge in [-0.25, -0.2) is 8.42 Å². The fraction of sp³-hybridized carbons (Fsp3) is 0.182. The Balaban J connectivity index is 2.19. The summed E-state index contributed by atoms with van der Waals surface area (Å²) in [4.78, 5) is 0.321. The summed E-state index contributed by atoms with van der Waals surface area (Å²) in [6, 6.07) is 6.73. The van der Waals surface area contributed by atoms with E-state index >= 15 is 0 Å². The highest BCUT2D eigenvalue weighted by Gasteiger charge is 2.06. The van der Waals surface area contributed by atoms with Crippen molar-refractivity contribution < 1.29 is 8.42 Å². The number of nitrogens with two attached hydrogens (primary N) is 1. The predicted octanol–water partition coefficient (Wildman–Crippen LogP) is 0.917. The second-order valence-corrected chi connectivity index (χ2v) is 5.90. The Morgan fingerprint density at radius 1 is 1.29 bits per heavy atom. The number of aromatic nitrogens is 2. The summed E-state index contributed by atoms with van der Waals surface area (Å²) in [5.74, 6) is 0. The highest BCUT2D eigenvalue weighted by atomic mass is 32.2. The van der Waals surface area contributed by atoms with Crippen LogP contribution in [0.4, 0.5) is 5.69 Å². The van der Waals surface area contributed by atoms with Gasteiger partial charge in [-0.05, 0) is 17.7 Å². The first-order valence-electron chi connectivity index (χ1n) is 5.02. The number of hydrogen-bond donors (Lipinski definition) is 1. The van der Waals surface area contributed by atoms with Crippen LogP contribution in [-0.4, -0.2) is 24.5 Å². The van der Waals surface area contributed by atoms with E-state index in [1.54, 1.807) is 41.3 Å². The first kappa shape index (κ1) is 11.7. The maximum Gasteiger partial charge on any atom is 0.175 e. The normalized spacial score (nSPS) is 11.6. The van der Waals surface area contributed by atoms with Crippen LogP contribution < -0.4 is 5.73 Å². The molecule has 0 saturated heterocycles. The lowest BCUT2D eigenvalue weighted by molar-refractivity contribution is 0.602. The van der Waals surface area contributed by atoms with E-state index in [-0.39, 0.29) is 0 Å². The van der Waals surface area contributed by atoms with Crippen LogP contribution in [0.3, 0.4) is 0 Å². The highest BCUT2D eigenvalue weighted by molar-refractivity contribution is 7.90. The van der Waals surface area contributed by atoms with Gasteiger partial charge in [0, 0.05) is 12.5 Å². The topological polar surface area (TPSA) is 78.0 Å². The van der Waals surface area contributed by atoms with Gasteiger partial charge in [-0.15, -0.1) is 0 Å². The van der Waals surface area contributed by atoms with E-state index in [9.17, 15) is 8.42 Å². The summed E-state index contributed by atoms with van der Waals surface area (Å²) in [7, 11) is -3.13. The average molecular weight is 251 g/mol. The first-order chi connectivity index (χ1) is 7.95. The number of hydrogen-bond acceptors (Lipinski definition) is 4. The van der Waals surface area contributed by atoms with Gasteiger partial charge >= 0.3 is 0 Å². The number of rotatable bonds is 3. The molecule has 1 aromatic heterocycles. The molecule has 17 heavy (non-hydrogen) atoms. The third-order valence-corrected chi connectivity index (χ3v) is 3.48. The number of sulfone groups is 1. The Bertz CT molecular complexity index is 614. The van der Waals surface area contributed by atoms with Gasteiger partial charge in [-0.3, -0.25) is 4.68 Å². The molecule has 0 aliphatic rings. The lowest BCUT2D eigenvalue weighted by Crippen LogP contribution is -2.01. The largest absolute Gasteiger partial charge is 0.396 e. The lowest BCUT2D eigenvalue weighted by atomic mass is 10.2. The Morgan fingerprint density at radius 2 is 1.94 bits per heavy atom. The number of nitrogens with zero attached hydrogens (tertiary/aromatic N) is 2. The van der Waals surface area contributed by atoms with Gasteiger partial charge in [0.1, 0.15) is 0 Å². The summed E-state index contributed by atoms with van der Waals surface area (Å²) in [6.45, 7) is 0.571. The molecule has 0 saturated carbocycles. The van der Waals surface area contributed by atoms with Crippen molar-refractivity contribution in [2.24, 2.45) is 0 Å². The number of anilines is 1. The second kappa shape index (κ2) is 4.21. The molecule has 0 radical (unpaired) electrons. The Morgan fingerprint density at radius 3 is 2.41 bits per heavy atom. The fourth-order valence-corrected chi connectivity index (χ4v) is 2.13. The molecule has 2 rings (SSSR count). The van der Waals surface area contributed by atoms with Crippen molar-refractivity contribution in [2.45, 2.75) is 11.4 Å². The van der Waals surface area contributed by atoms with Crippen LogP contribution in [0.5, 0.6) is 0 Å². The molecule has 0 amide bonds. The van der Waals surface area contributed by atoms with Gasteiger partial charge in [0.15, 0.2) is 9.84 Å². The van der Waals surface area contributed by atoms with E-state index < -0.39 is 9.84 Å². The zero-order valence-corrected chi connectivity index (χ0v) is 10.2. The van der Waals surface area contributed by atoms with Crippen LogP contribution in [-0.2, 0) is 16.4 Å². The SMILES string of the molecule is CS(=O)(=O)c1ccc(Cn2cc(N)cn2)cc1. The molecule has 0 aliphatic heterocycles. The average Bonchev–Trinajstić information content (AvgIpc) is 2.63. The fourth-order valence-electron chi connectivity index (χ4n) is 1.50. The molecule has 90 valence electrons. The summed E-state index contributed by atoms with van der Waals surface area (Å²) in [5.41, 5.74) is 7.13. The standard InChI is InChI=1S/C11H13N3O2S/c1-17(15,16)11-4-2-9(3-5-11)7-14-8-10(12)6-13-14/h2-6,8H,7,12H2,1H3. The quantitative estimate of drug-likeness (QED) is 0.879. The zero-order chi connectivity index (χ0) is 12.5.